The van der Waals surface area contributed by atoms with Crippen LogP contribution in [-0.4, -0.2) is 30.6 Å². The van der Waals surface area contributed by atoms with E-state index in [9.17, 15) is 9.18 Å². The number of halogens is 1. The molecule has 0 radical (unpaired) electrons. The molecule has 0 spiro atoms. The summed E-state index contributed by atoms with van der Waals surface area (Å²) in [7, 11) is -0.0693. The molecule has 2 atom stereocenters. The van der Waals surface area contributed by atoms with Gasteiger partial charge in [0.25, 0.3) is 0 Å². The van der Waals surface area contributed by atoms with Crippen LogP contribution >= 0.6 is 0 Å². The first-order chi connectivity index (χ1) is 10.4. The monoisotopic (exact) mass is 345 g/mol. The zero-order valence-electron chi connectivity index (χ0n) is 13.4. The van der Waals surface area contributed by atoms with Gasteiger partial charge in [-0.15, -0.1) is 9.45 Å². The predicted molar refractivity (Wildman–Crippen MR) is 93.6 cm³/mol. The van der Waals surface area contributed by atoms with Crippen LogP contribution < -0.4 is 10.1 Å². The second-order valence-corrected chi connectivity index (χ2v) is 8.43. The fraction of sp³-hybridized carbons (Fsp3) is 0.562. The van der Waals surface area contributed by atoms with E-state index >= 15 is 0 Å². The molecule has 6 heteroatoms. The van der Waals surface area contributed by atoms with Crippen molar-refractivity contribution in [3.63, 3.8) is 0 Å². The van der Waals surface area contributed by atoms with Crippen LogP contribution in [0.2, 0.25) is 0 Å². The van der Waals surface area contributed by atoms with Crippen molar-refractivity contribution in [1.82, 2.24) is 5.32 Å². The first-order valence-corrected chi connectivity index (χ1v) is 10.1. The molecule has 0 aromatic heterocycles. The fourth-order valence-corrected chi connectivity index (χ4v) is 2.63. The first kappa shape index (κ1) is 19.2. The van der Waals surface area contributed by atoms with Crippen LogP contribution in [0.3, 0.4) is 0 Å². The number of benzene rings is 1. The Labute approximate surface area is 139 Å². The van der Waals surface area contributed by atoms with Crippen LogP contribution in [-0.2, 0) is 31.9 Å². The second kappa shape index (κ2) is 10.0. The molecule has 1 unspecified atom stereocenters. The summed E-state index contributed by atoms with van der Waals surface area (Å²) < 4.78 is 19.4. The molecule has 0 amide bonds. The molecule has 0 heterocycles. The lowest BCUT2D eigenvalue weighted by molar-refractivity contribution is -0.118. The van der Waals surface area contributed by atoms with E-state index in [0.29, 0.717) is 31.6 Å². The van der Waals surface area contributed by atoms with Crippen molar-refractivity contribution in [3.8, 4) is 5.75 Å². The van der Waals surface area contributed by atoms with E-state index in [-0.39, 0.29) is 27.2 Å². The Morgan fingerprint density at radius 1 is 1.45 bits per heavy atom. The number of hydrogen-bond acceptors (Lipinski definition) is 4. The minimum Gasteiger partial charge on any atom is -0.489 e. The molecule has 3 nitrogen and oxygen atoms in total. The molecular weight excluding hydrogens is 321 g/mol. The maximum absolute atomic E-state index is 13.6. The van der Waals surface area contributed by atoms with Gasteiger partial charge < -0.3 is 10.1 Å². The molecule has 0 aliphatic rings. The van der Waals surface area contributed by atoms with Gasteiger partial charge in [0, 0.05) is 31.3 Å². The van der Waals surface area contributed by atoms with Gasteiger partial charge in [-0.2, -0.15) is 0 Å². The minimum absolute atomic E-state index is 0.0693. The third-order valence-corrected chi connectivity index (χ3v) is 4.06. The SMILES string of the molecule is CCC(=O)CCc1cc(F)cc(O[C@@H](C)CNCS(C)=S)c1. The Kier molecular flexibility index (Phi) is 8.75. The van der Waals surface area contributed by atoms with Gasteiger partial charge >= 0.3 is 0 Å². The standard InChI is InChI=1S/C16H24FNO2S2/c1-4-15(19)6-5-13-7-14(17)9-16(8-13)20-12(2)10-18-11-22(3)21/h7-9,12,18H,4-6,10-11H2,1-3H3/t12-,22?/m0/s1. The summed E-state index contributed by atoms with van der Waals surface area (Å²) in [6.07, 6.45) is 3.41. The number of ether oxygens (including phenoxy) is 1. The van der Waals surface area contributed by atoms with Gasteiger partial charge in [0.2, 0.25) is 0 Å². The van der Waals surface area contributed by atoms with E-state index in [1.165, 1.54) is 12.1 Å². The Hall–Kier alpha value is -0.850. The summed E-state index contributed by atoms with van der Waals surface area (Å²) >= 11 is 5.10. The molecule has 1 rings (SSSR count). The highest BCUT2D eigenvalue weighted by atomic mass is 32.8. The van der Waals surface area contributed by atoms with E-state index in [4.69, 9.17) is 15.9 Å². The molecule has 1 aromatic carbocycles. The van der Waals surface area contributed by atoms with Crippen LogP contribution in [0.4, 0.5) is 4.39 Å². The molecule has 0 saturated carbocycles. The Morgan fingerprint density at radius 3 is 2.82 bits per heavy atom. The summed E-state index contributed by atoms with van der Waals surface area (Å²) in [4.78, 5) is 11.4. The Morgan fingerprint density at radius 2 is 2.18 bits per heavy atom. The molecule has 0 bridgehead atoms. The average Bonchev–Trinajstić information content (AvgIpc) is 2.43. The fourth-order valence-electron chi connectivity index (χ4n) is 1.97. The summed E-state index contributed by atoms with van der Waals surface area (Å²) in [5.41, 5.74) is 0.789. The van der Waals surface area contributed by atoms with Crippen LogP contribution in [0.25, 0.3) is 0 Å². The minimum atomic E-state index is -0.336. The van der Waals surface area contributed by atoms with E-state index in [1.807, 2.05) is 20.1 Å². The van der Waals surface area contributed by atoms with Gasteiger partial charge in [0.15, 0.2) is 0 Å². The Balaban J connectivity index is 2.57. The Bertz CT molecular complexity index is 523. The zero-order valence-corrected chi connectivity index (χ0v) is 15.0. The highest BCUT2D eigenvalue weighted by Crippen LogP contribution is 2.19. The number of aryl methyl sites for hydroxylation is 1. The third-order valence-electron chi connectivity index (χ3n) is 3.09. The molecule has 124 valence electrons. The van der Waals surface area contributed by atoms with Crippen molar-refractivity contribution < 1.29 is 13.9 Å². The lowest BCUT2D eigenvalue weighted by atomic mass is 10.1. The maximum Gasteiger partial charge on any atom is 0.132 e. The number of ketones is 1. The van der Waals surface area contributed by atoms with E-state index in [0.717, 1.165) is 11.4 Å². The van der Waals surface area contributed by atoms with Crippen LogP contribution in [0.5, 0.6) is 5.75 Å². The van der Waals surface area contributed by atoms with Crippen LogP contribution in [0, 0.1) is 5.82 Å². The number of carbonyl (C=O) groups excluding carboxylic acids is 1. The molecule has 0 saturated heterocycles. The van der Waals surface area contributed by atoms with Crippen LogP contribution in [0.15, 0.2) is 18.2 Å². The molecular formula is C16H24FNO2S2. The number of nitrogens with one attached hydrogen (secondary N) is 1. The third kappa shape index (κ3) is 7.96. The van der Waals surface area contributed by atoms with Crippen molar-refractivity contribution in [1.29, 1.82) is 0 Å². The summed E-state index contributed by atoms with van der Waals surface area (Å²) in [6.45, 7) is 4.42. The molecule has 1 N–H and O–H groups in total. The van der Waals surface area contributed by atoms with Gasteiger partial charge in [0.05, 0.1) is 0 Å². The lowest BCUT2D eigenvalue weighted by Crippen LogP contribution is -2.30. The van der Waals surface area contributed by atoms with Crippen molar-refractivity contribution >= 4 is 26.4 Å². The molecule has 0 fully saturated rings. The molecule has 1 aromatic rings. The van der Waals surface area contributed by atoms with E-state index in [2.05, 4.69) is 5.32 Å². The second-order valence-electron chi connectivity index (χ2n) is 5.29. The largest absolute Gasteiger partial charge is 0.489 e. The van der Waals surface area contributed by atoms with Gasteiger partial charge in [0.1, 0.15) is 23.5 Å². The topological polar surface area (TPSA) is 38.3 Å². The number of hydrogen-bond donors (Lipinski definition) is 1. The van der Waals surface area contributed by atoms with Gasteiger partial charge in [-0.05, 0) is 37.3 Å². The highest BCUT2D eigenvalue weighted by Gasteiger charge is 2.08. The van der Waals surface area contributed by atoms with Crippen molar-refractivity contribution in [3.05, 3.63) is 29.6 Å². The molecule has 0 aliphatic carbocycles. The maximum atomic E-state index is 13.6. The molecule has 0 aliphatic heterocycles. The average molecular weight is 346 g/mol. The number of Topliss-reactive ketones (excluding diaryl/α,β-unsaturated/α-hetero) is 1. The van der Waals surface area contributed by atoms with Crippen LogP contribution in [0.1, 0.15) is 32.3 Å². The summed E-state index contributed by atoms with van der Waals surface area (Å²) in [6, 6.07) is 4.64. The smallest absolute Gasteiger partial charge is 0.132 e. The summed E-state index contributed by atoms with van der Waals surface area (Å²) in [5, 5.41) is 3.23. The normalized spacial score (nSPS) is 13.6. The van der Waals surface area contributed by atoms with Crippen molar-refractivity contribution in [2.75, 3.05) is 18.7 Å². The molecule has 22 heavy (non-hydrogen) atoms. The quantitative estimate of drug-likeness (QED) is 0.708. The van der Waals surface area contributed by atoms with Crippen molar-refractivity contribution in [2.45, 2.75) is 39.2 Å². The number of rotatable bonds is 10. The zero-order chi connectivity index (χ0) is 16.5. The van der Waals surface area contributed by atoms with Gasteiger partial charge in [-0.3, -0.25) is 4.79 Å². The highest BCUT2D eigenvalue weighted by molar-refractivity contribution is 8.28. The first-order valence-electron chi connectivity index (χ1n) is 7.39. The van der Waals surface area contributed by atoms with E-state index < -0.39 is 0 Å². The van der Waals surface area contributed by atoms with Gasteiger partial charge in [-0.1, -0.05) is 18.1 Å². The van der Waals surface area contributed by atoms with E-state index in [1.54, 1.807) is 6.07 Å². The van der Waals surface area contributed by atoms with Crippen molar-refractivity contribution in [2.24, 2.45) is 0 Å². The predicted octanol–water partition coefficient (Wildman–Crippen LogP) is 2.76. The van der Waals surface area contributed by atoms with Gasteiger partial charge in [-0.25, -0.2) is 4.39 Å². The lowest BCUT2D eigenvalue weighted by Gasteiger charge is -2.16. The summed E-state index contributed by atoms with van der Waals surface area (Å²) in [5.74, 6) is 1.12. The number of carbonyl (C=O) groups is 1.